The Morgan fingerprint density at radius 1 is 1.50 bits per heavy atom. The van der Waals surface area contributed by atoms with Crippen molar-refractivity contribution in [3.63, 3.8) is 0 Å². The van der Waals surface area contributed by atoms with Crippen molar-refractivity contribution in [3.05, 3.63) is 23.9 Å². The minimum atomic E-state index is -3.65. The fourth-order valence-electron chi connectivity index (χ4n) is 1.06. The van der Waals surface area contributed by atoms with Gasteiger partial charge < -0.3 is 9.50 Å². The lowest BCUT2D eigenvalue weighted by atomic mass is 10.3. The van der Waals surface area contributed by atoms with E-state index in [4.69, 9.17) is 0 Å². The Balaban J connectivity index is 2.85. The minimum absolute atomic E-state index is 0.0567. The smallest absolute Gasteiger partial charge is 0.307 e. The van der Waals surface area contributed by atoms with Crippen LogP contribution in [0.2, 0.25) is 0 Å². The van der Waals surface area contributed by atoms with E-state index in [1.54, 1.807) is 0 Å². The van der Waals surface area contributed by atoms with Crippen molar-refractivity contribution >= 4 is 27.8 Å². The van der Waals surface area contributed by atoms with Gasteiger partial charge >= 0.3 is 10.1 Å². The highest BCUT2D eigenvalue weighted by molar-refractivity contribution is 7.99. The van der Waals surface area contributed by atoms with Gasteiger partial charge in [0.05, 0.1) is 11.6 Å². The van der Waals surface area contributed by atoms with Crippen LogP contribution in [0.4, 0.5) is 0 Å². The monoisotopic (exact) mass is 290 g/mol. The summed E-state index contributed by atoms with van der Waals surface area (Å²) in [6, 6.07) is 4.36. The van der Waals surface area contributed by atoms with Crippen LogP contribution in [0.1, 0.15) is 17.4 Å². The number of thioether (sulfide) groups is 1. The normalized spacial score (nSPS) is 12.8. The maximum atomic E-state index is 11.7. The van der Waals surface area contributed by atoms with Crippen molar-refractivity contribution in [2.45, 2.75) is 12.3 Å². The molecule has 0 saturated heterocycles. The molecule has 0 radical (unpaired) electrons. The highest BCUT2D eigenvalue weighted by Crippen LogP contribution is 2.10. The molecule has 6 nitrogen and oxygen atoms in total. The second-order valence-corrected chi connectivity index (χ2v) is 6.25. The van der Waals surface area contributed by atoms with Crippen LogP contribution < -0.4 is 9.50 Å². The molecule has 1 aromatic heterocycles. The number of rotatable bonds is 5. The molecule has 0 spiro atoms. The first kappa shape index (κ1) is 14.8. The molecule has 1 heterocycles. The van der Waals surface area contributed by atoms with Gasteiger partial charge in [0, 0.05) is 6.07 Å². The summed E-state index contributed by atoms with van der Waals surface area (Å²) in [6.45, 7) is 1.83. The maximum Gasteiger partial charge on any atom is 0.307 e. The predicted octanol–water partition coefficient (Wildman–Crippen LogP) is 0.859. The summed E-state index contributed by atoms with van der Waals surface area (Å²) < 4.78 is 26.5. The van der Waals surface area contributed by atoms with Gasteiger partial charge in [0.1, 0.15) is 5.69 Å². The number of pyridine rings is 1. The Morgan fingerprint density at radius 2 is 2.17 bits per heavy atom. The van der Waals surface area contributed by atoms with Crippen molar-refractivity contribution in [1.82, 2.24) is 10.3 Å². The standard InChI is InChI=1S/C10H14N2O4S2/c1-7(17-2)11-10(13)8-5-4-6-9(12-8)16-18(3,14)15/h4-7H,1-3H3,(H,11,13). The molecule has 0 saturated carbocycles. The fourth-order valence-corrected chi connectivity index (χ4v) is 1.69. The number of carbonyl (C=O) groups is 1. The third kappa shape index (κ3) is 4.92. The SMILES string of the molecule is CSC(C)NC(=O)c1cccc(OS(C)(=O)=O)n1. The quantitative estimate of drug-likeness (QED) is 0.639. The molecule has 1 unspecified atom stereocenters. The lowest BCUT2D eigenvalue weighted by Gasteiger charge is -2.10. The van der Waals surface area contributed by atoms with E-state index in [1.807, 2.05) is 13.2 Å². The molecule has 1 rings (SSSR count). The molecule has 0 aliphatic carbocycles. The molecular formula is C10H14N2O4S2. The number of carbonyl (C=O) groups excluding carboxylic acids is 1. The number of hydrogen-bond donors (Lipinski definition) is 1. The van der Waals surface area contributed by atoms with Gasteiger partial charge in [-0.1, -0.05) is 6.07 Å². The zero-order valence-electron chi connectivity index (χ0n) is 10.2. The summed E-state index contributed by atoms with van der Waals surface area (Å²) in [5, 5.41) is 2.64. The molecule has 0 aliphatic rings. The molecule has 1 amide bonds. The number of amides is 1. The van der Waals surface area contributed by atoms with E-state index < -0.39 is 10.1 Å². The first-order chi connectivity index (χ1) is 8.31. The van der Waals surface area contributed by atoms with Crippen LogP contribution >= 0.6 is 11.8 Å². The van der Waals surface area contributed by atoms with Crippen molar-refractivity contribution in [2.24, 2.45) is 0 Å². The zero-order valence-corrected chi connectivity index (χ0v) is 11.8. The van der Waals surface area contributed by atoms with Gasteiger partial charge in [-0.3, -0.25) is 4.79 Å². The molecule has 0 aromatic carbocycles. The van der Waals surface area contributed by atoms with Crippen molar-refractivity contribution in [2.75, 3.05) is 12.5 Å². The molecule has 18 heavy (non-hydrogen) atoms. The van der Waals surface area contributed by atoms with E-state index in [1.165, 1.54) is 30.0 Å². The lowest BCUT2D eigenvalue weighted by Crippen LogP contribution is -2.30. The molecule has 0 aliphatic heterocycles. The summed E-state index contributed by atoms with van der Waals surface area (Å²) in [5.74, 6) is -0.502. The zero-order chi connectivity index (χ0) is 13.8. The van der Waals surface area contributed by atoms with Gasteiger partial charge in [-0.15, -0.1) is 11.8 Å². The first-order valence-corrected chi connectivity index (χ1v) is 8.12. The summed E-state index contributed by atoms with van der Waals surface area (Å²) in [4.78, 5) is 15.6. The van der Waals surface area contributed by atoms with E-state index in [2.05, 4.69) is 14.5 Å². The van der Waals surface area contributed by atoms with E-state index >= 15 is 0 Å². The lowest BCUT2D eigenvalue weighted by molar-refractivity contribution is 0.0946. The molecule has 1 atom stereocenters. The third-order valence-corrected chi connectivity index (χ3v) is 3.18. The van der Waals surface area contributed by atoms with Crippen LogP contribution in [0.15, 0.2) is 18.2 Å². The van der Waals surface area contributed by atoms with E-state index in [9.17, 15) is 13.2 Å². The van der Waals surface area contributed by atoms with Crippen molar-refractivity contribution in [1.29, 1.82) is 0 Å². The molecule has 1 aromatic rings. The number of nitrogens with zero attached hydrogens (tertiary/aromatic N) is 1. The molecule has 0 fully saturated rings. The topological polar surface area (TPSA) is 85.4 Å². The Hall–Kier alpha value is -1.28. The Labute approximate surface area is 110 Å². The first-order valence-electron chi connectivity index (χ1n) is 5.02. The van der Waals surface area contributed by atoms with Crippen LogP contribution in [0.25, 0.3) is 0 Å². The van der Waals surface area contributed by atoms with Gasteiger partial charge in [0.15, 0.2) is 0 Å². The third-order valence-electron chi connectivity index (χ3n) is 1.88. The van der Waals surface area contributed by atoms with Crippen LogP contribution in [-0.4, -0.2) is 37.2 Å². The summed E-state index contributed by atoms with van der Waals surface area (Å²) in [6.07, 6.45) is 2.78. The van der Waals surface area contributed by atoms with Crippen LogP contribution in [-0.2, 0) is 10.1 Å². The second-order valence-electron chi connectivity index (χ2n) is 3.50. The highest BCUT2D eigenvalue weighted by atomic mass is 32.2. The van der Waals surface area contributed by atoms with Gasteiger partial charge in [0.25, 0.3) is 5.91 Å². The fraction of sp³-hybridized carbons (Fsp3) is 0.400. The van der Waals surface area contributed by atoms with E-state index in [0.717, 1.165) is 6.26 Å². The van der Waals surface area contributed by atoms with Crippen LogP contribution in [0, 0.1) is 0 Å². The van der Waals surface area contributed by atoms with E-state index in [-0.39, 0.29) is 22.9 Å². The largest absolute Gasteiger partial charge is 0.362 e. The molecule has 0 bridgehead atoms. The van der Waals surface area contributed by atoms with Crippen molar-refractivity contribution < 1.29 is 17.4 Å². The molecule has 8 heteroatoms. The Kier molecular flexibility index (Phi) is 4.97. The maximum absolute atomic E-state index is 11.7. The van der Waals surface area contributed by atoms with Gasteiger partial charge in [-0.25, -0.2) is 4.98 Å². The summed E-state index contributed by atoms with van der Waals surface area (Å²) in [5.41, 5.74) is 0.108. The average molecular weight is 290 g/mol. The second kappa shape index (κ2) is 6.05. The Bertz CT molecular complexity index is 530. The molecule has 1 N–H and O–H groups in total. The van der Waals surface area contributed by atoms with Crippen molar-refractivity contribution in [3.8, 4) is 5.88 Å². The van der Waals surface area contributed by atoms with Gasteiger partial charge in [-0.05, 0) is 19.2 Å². The highest BCUT2D eigenvalue weighted by Gasteiger charge is 2.12. The minimum Gasteiger partial charge on any atom is -0.362 e. The average Bonchev–Trinajstić information content (AvgIpc) is 2.26. The van der Waals surface area contributed by atoms with E-state index in [0.29, 0.717) is 0 Å². The number of nitrogens with one attached hydrogen (secondary N) is 1. The number of hydrogen-bond acceptors (Lipinski definition) is 6. The van der Waals surface area contributed by atoms with Gasteiger partial charge in [0.2, 0.25) is 5.88 Å². The van der Waals surface area contributed by atoms with Crippen LogP contribution in [0.5, 0.6) is 5.88 Å². The molecule has 100 valence electrons. The Morgan fingerprint density at radius 3 is 2.72 bits per heavy atom. The van der Waals surface area contributed by atoms with Gasteiger partial charge in [-0.2, -0.15) is 8.42 Å². The number of aromatic nitrogens is 1. The molecular weight excluding hydrogens is 276 g/mol. The summed E-state index contributed by atoms with van der Waals surface area (Å²) >= 11 is 1.48. The predicted molar refractivity (Wildman–Crippen MR) is 70.2 cm³/mol. The summed E-state index contributed by atoms with van der Waals surface area (Å²) in [7, 11) is -3.65. The van der Waals surface area contributed by atoms with Crippen LogP contribution in [0.3, 0.4) is 0 Å².